The van der Waals surface area contributed by atoms with Crippen LogP contribution in [0.1, 0.15) is 10.4 Å². The van der Waals surface area contributed by atoms with Gasteiger partial charge in [-0.25, -0.2) is 9.37 Å². The number of hydrogen-bond donors (Lipinski definition) is 1. The second-order valence-electron chi connectivity index (χ2n) is 4.46. The zero-order chi connectivity index (χ0) is 16.4. The van der Waals surface area contributed by atoms with Gasteiger partial charge in [-0.2, -0.15) is 8.78 Å². The minimum absolute atomic E-state index is 0.00290. The number of hydrogen-bond acceptors (Lipinski definition) is 4. The molecule has 3 aromatic rings. The summed E-state index contributed by atoms with van der Waals surface area (Å²) in [4.78, 5) is 16.2. The molecule has 1 aromatic heterocycles. The van der Waals surface area contributed by atoms with Gasteiger partial charge in [-0.15, -0.1) is 0 Å². The van der Waals surface area contributed by atoms with Gasteiger partial charge in [0.1, 0.15) is 11.6 Å². The van der Waals surface area contributed by atoms with Gasteiger partial charge in [0.15, 0.2) is 5.13 Å². The summed E-state index contributed by atoms with van der Waals surface area (Å²) >= 11 is 1.08. The summed E-state index contributed by atoms with van der Waals surface area (Å²) in [7, 11) is 0. The molecular formula is C15H9F3N2O2S. The van der Waals surface area contributed by atoms with E-state index in [1.54, 1.807) is 6.07 Å². The van der Waals surface area contributed by atoms with E-state index < -0.39 is 18.3 Å². The first-order valence-electron chi connectivity index (χ1n) is 6.44. The second kappa shape index (κ2) is 6.25. The number of thiazole rings is 1. The van der Waals surface area contributed by atoms with Crippen LogP contribution in [-0.4, -0.2) is 17.5 Å². The highest BCUT2D eigenvalue weighted by atomic mass is 32.1. The summed E-state index contributed by atoms with van der Waals surface area (Å²) in [6.45, 7) is -2.92. The SMILES string of the molecule is O=C(Nc1nc2ccc(OC(F)F)cc2s1)c1ccccc1F. The highest BCUT2D eigenvalue weighted by molar-refractivity contribution is 7.22. The number of anilines is 1. The molecule has 0 aliphatic heterocycles. The number of carbonyl (C=O) groups is 1. The maximum Gasteiger partial charge on any atom is 0.387 e. The molecule has 1 N–H and O–H groups in total. The summed E-state index contributed by atoms with van der Waals surface area (Å²) in [5.41, 5.74) is 0.411. The fourth-order valence-electron chi connectivity index (χ4n) is 1.94. The molecule has 4 nitrogen and oxygen atoms in total. The monoisotopic (exact) mass is 338 g/mol. The molecule has 0 saturated carbocycles. The van der Waals surface area contributed by atoms with Gasteiger partial charge in [0, 0.05) is 0 Å². The molecule has 1 amide bonds. The first-order chi connectivity index (χ1) is 11.0. The zero-order valence-corrected chi connectivity index (χ0v) is 12.2. The van der Waals surface area contributed by atoms with Crippen LogP contribution in [0, 0.1) is 5.82 Å². The Bertz CT molecular complexity index is 867. The Morgan fingerprint density at radius 3 is 2.74 bits per heavy atom. The third kappa shape index (κ3) is 3.42. The van der Waals surface area contributed by atoms with Crippen LogP contribution in [0.15, 0.2) is 42.5 Å². The van der Waals surface area contributed by atoms with Gasteiger partial charge in [0.25, 0.3) is 5.91 Å². The predicted octanol–water partition coefficient (Wildman–Crippen LogP) is 4.29. The maximum absolute atomic E-state index is 13.6. The highest BCUT2D eigenvalue weighted by Gasteiger charge is 2.14. The third-order valence-electron chi connectivity index (χ3n) is 2.92. The Morgan fingerprint density at radius 1 is 1.22 bits per heavy atom. The molecule has 8 heteroatoms. The van der Waals surface area contributed by atoms with Gasteiger partial charge in [-0.3, -0.25) is 10.1 Å². The van der Waals surface area contributed by atoms with Gasteiger partial charge in [-0.05, 0) is 30.3 Å². The van der Waals surface area contributed by atoms with Crippen molar-refractivity contribution >= 4 is 32.6 Å². The lowest BCUT2D eigenvalue weighted by Crippen LogP contribution is -2.13. The van der Waals surface area contributed by atoms with E-state index in [-0.39, 0.29) is 16.4 Å². The fraction of sp³-hybridized carbons (Fsp3) is 0.0667. The van der Waals surface area contributed by atoms with Crippen molar-refractivity contribution in [3.05, 3.63) is 53.8 Å². The van der Waals surface area contributed by atoms with E-state index >= 15 is 0 Å². The van der Waals surface area contributed by atoms with Crippen molar-refractivity contribution in [1.29, 1.82) is 0 Å². The molecule has 0 aliphatic carbocycles. The minimum Gasteiger partial charge on any atom is -0.435 e. The van der Waals surface area contributed by atoms with Crippen LogP contribution in [0.3, 0.4) is 0 Å². The number of benzene rings is 2. The number of nitrogens with zero attached hydrogens (tertiary/aromatic N) is 1. The number of halogens is 3. The number of alkyl halides is 2. The zero-order valence-electron chi connectivity index (χ0n) is 11.4. The predicted molar refractivity (Wildman–Crippen MR) is 80.6 cm³/mol. The molecule has 0 saturated heterocycles. The Morgan fingerprint density at radius 2 is 2.00 bits per heavy atom. The van der Waals surface area contributed by atoms with E-state index in [2.05, 4.69) is 15.0 Å². The van der Waals surface area contributed by atoms with Gasteiger partial charge in [0.05, 0.1) is 15.8 Å². The van der Waals surface area contributed by atoms with E-state index in [1.165, 1.54) is 36.4 Å². The van der Waals surface area contributed by atoms with E-state index in [4.69, 9.17) is 0 Å². The molecule has 0 bridgehead atoms. The second-order valence-corrected chi connectivity index (χ2v) is 5.49. The lowest BCUT2D eigenvalue weighted by atomic mass is 10.2. The lowest BCUT2D eigenvalue weighted by Gasteiger charge is -2.02. The first-order valence-corrected chi connectivity index (χ1v) is 7.26. The van der Waals surface area contributed by atoms with E-state index in [0.29, 0.717) is 10.2 Å². The Hall–Kier alpha value is -2.61. The molecule has 23 heavy (non-hydrogen) atoms. The smallest absolute Gasteiger partial charge is 0.387 e. The van der Waals surface area contributed by atoms with Gasteiger partial charge in [-0.1, -0.05) is 23.5 Å². The van der Waals surface area contributed by atoms with Crippen LogP contribution >= 0.6 is 11.3 Å². The van der Waals surface area contributed by atoms with Crippen LogP contribution in [0.5, 0.6) is 5.75 Å². The van der Waals surface area contributed by atoms with Crippen LogP contribution < -0.4 is 10.1 Å². The molecule has 0 atom stereocenters. The first kappa shape index (κ1) is 15.3. The molecule has 0 radical (unpaired) electrons. The molecule has 0 spiro atoms. The Labute approximate surface area is 132 Å². The summed E-state index contributed by atoms with van der Waals surface area (Å²) in [5, 5.41) is 2.73. The molecule has 3 rings (SSSR count). The van der Waals surface area contributed by atoms with Crippen molar-refractivity contribution in [2.24, 2.45) is 0 Å². The average Bonchev–Trinajstić information content (AvgIpc) is 2.88. The number of rotatable bonds is 4. The van der Waals surface area contributed by atoms with Gasteiger partial charge >= 0.3 is 6.61 Å². The molecule has 0 aliphatic rings. The van der Waals surface area contributed by atoms with Crippen LogP contribution in [-0.2, 0) is 0 Å². The number of fused-ring (bicyclic) bond motifs is 1. The Kier molecular flexibility index (Phi) is 4.16. The topological polar surface area (TPSA) is 51.2 Å². The van der Waals surface area contributed by atoms with Crippen LogP contribution in [0.2, 0.25) is 0 Å². The number of aromatic nitrogens is 1. The number of carbonyl (C=O) groups excluding carboxylic acids is 1. The van der Waals surface area contributed by atoms with Gasteiger partial charge < -0.3 is 4.74 Å². The molecular weight excluding hydrogens is 329 g/mol. The summed E-state index contributed by atoms with van der Waals surface area (Å²) in [6, 6.07) is 9.82. The van der Waals surface area contributed by atoms with Crippen molar-refractivity contribution in [3.63, 3.8) is 0 Å². The van der Waals surface area contributed by atoms with Crippen LogP contribution in [0.25, 0.3) is 10.2 Å². The van der Waals surface area contributed by atoms with E-state index in [9.17, 15) is 18.0 Å². The number of ether oxygens (including phenoxy) is 1. The van der Waals surface area contributed by atoms with Crippen molar-refractivity contribution in [2.45, 2.75) is 6.61 Å². The summed E-state index contributed by atoms with van der Waals surface area (Å²) < 4.78 is 42.8. The van der Waals surface area contributed by atoms with E-state index in [1.807, 2.05) is 0 Å². The largest absolute Gasteiger partial charge is 0.435 e. The number of nitrogens with one attached hydrogen (secondary N) is 1. The van der Waals surface area contributed by atoms with Crippen LogP contribution in [0.4, 0.5) is 18.3 Å². The lowest BCUT2D eigenvalue weighted by molar-refractivity contribution is -0.0497. The minimum atomic E-state index is -2.92. The highest BCUT2D eigenvalue weighted by Crippen LogP contribution is 2.30. The molecule has 2 aromatic carbocycles. The molecule has 1 heterocycles. The fourth-order valence-corrected chi connectivity index (χ4v) is 2.83. The standard InChI is InChI=1S/C15H9F3N2O2S/c16-10-4-2-1-3-9(10)13(21)20-15-19-11-6-5-8(22-14(17)18)7-12(11)23-15/h1-7,14H,(H,19,20,21). The average molecular weight is 338 g/mol. The van der Waals surface area contributed by atoms with Crippen molar-refractivity contribution in [2.75, 3.05) is 5.32 Å². The quantitative estimate of drug-likeness (QED) is 0.772. The van der Waals surface area contributed by atoms with Crippen molar-refractivity contribution in [3.8, 4) is 5.75 Å². The Balaban J connectivity index is 1.83. The van der Waals surface area contributed by atoms with Crippen molar-refractivity contribution < 1.29 is 22.7 Å². The molecule has 0 unspecified atom stereocenters. The summed E-state index contributed by atoms with van der Waals surface area (Å²) in [6.07, 6.45) is 0. The maximum atomic E-state index is 13.6. The summed E-state index contributed by atoms with van der Waals surface area (Å²) in [5.74, 6) is -1.27. The van der Waals surface area contributed by atoms with E-state index in [0.717, 1.165) is 11.3 Å². The number of amides is 1. The normalized spacial score (nSPS) is 11.0. The molecule has 118 valence electrons. The third-order valence-corrected chi connectivity index (χ3v) is 3.86. The van der Waals surface area contributed by atoms with Crippen molar-refractivity contribution in [1.82, 2.24) is 4.98 Å². The molecule has 0 fully saturated rings. The van der Waals surface area contributed by atoms with Gasteiger partial charge in [0.2, 0.25) is 0 Å².